The number of thioether (sulfide) groups is 1. The van der Waals surface area contributed by atoms with Crippen molar-refractivity contribution >= 4 is 98.7 Å². The smallest absolute Gasteiger partial charge is 0.216 e. The summed E-state index contributed by atoms with van der Waals surface area (Å²) in [5, 5.41) is 0.373. The van der Waals surface area contributed by atoms with Crippen molar-refractivity contribution in [3.63, 3.8) is 0 Å². The molecule has 0 aromatic heterocycles. The maximum atomic E-state index is 13.9. The Balaban J connectivity index is 1.84. The van der Waals surface area contributed by atoms with Crippen molar-refractivity contribution in [1.29, 1.82) is 0 Å². The van der Waals surface area contributed by atoms with Gasteiger partial charge in [-0.25, -0.2) is 0 Å². The van der Waals surface area contributed by atoms with Crippen molar-refractivity contribution in [3.8, 4) is 0 Å². The summed E-state index contributed by atoms with van der Waals surface area (Å²) in [6, 6.07) is 12.0. The Kier molecular flexibility index (Phi) is 8.47. The Morgan fingerprint density at radius 2 is 1.30 bits per heavy atom. The van der Waals surface area contributed by atoms with E-state index in [1.807, 2.05) is 13.0 Å². The molecule has 4 nitrogen and oxygen atoms in total. The highest BCUT2D eigenvalue weighted by atomic mass is 35.6. The van der Waals surface area contributed by atoms with Gasteiger partial charge in [0.1, 0.15) is 5.57 Å². The highest BCUT2D eigenvalue weighted by molar-refractivity contribution is 8.07. The summed E-state index contributed by atoms with van der Waals surface area (Å²) in [5.74, 6) is -1.16. The van der Waals surface area contributed by atoms with Crippen molar-refractivity contribution in [2.45, 2.75) is 20.9 Å². The van der Waals surface area contributed by atoms with Crippen molar-refractivity contribution in [2.24, 2.45) is 0 Å². The van der Waals surface area contributed by atoms with Crippen LogP contribution in [0.3, 0.4) is 0 Å². The van der Waals surface area contributed by atoms with Gasteiger partial charge in [-0.3, -0.25) is 14.4 Å². The van der Waals surface area contributed by atoms with Crippen LogP contribution in [0.5, 0.6) is 0 Å². The van der Waals surface area contributed by atoms with Crippen LogP contribution in [0.1, 0.15) is 45.2 Å². The zero-order chi connectivity index (χ0) is 27.1. The summed E-state index contributed by atoms with van der Waals surface area (Å²) in [6.07, 6.45) is 3.84. The van der Waals surface area contributed by atoms with Gasteiger partial charge in [-0.05, 0) is 13.0 Å². The second-order valence-corrected chi connectivity index (χ2v) is 13.7. The number of Topliss-reactive ketones (excluding diaryl/α,β-unsaturated/α-hetero) is 3. The minimum atomic E-state index is -1.67. The molecule has 0 atom stereocenters. The molecule has 0 N–H and O–H groups in total. The zero-order valence-corrected chi connectivity index (χ0v) is 24.4. The molecule has 2 aliphatic rings. The van der Waals surface area contributed by atoms with Crippen LogP contribution in [0.25, 0.3) is 0 Å². The van der Waals surface area contributed by atoms with Gasteiger partial charge in [0.05, 0.1) is 10.7 Å². The molecule has 192 valence electrons. The molecular weight excluding hydrogens is 619 g/mol. The van der Waals surface area contributed by atoms with E-state index in [2.05, 4.69) is 0 Å². The standard InChI is InChI=1S/C26H17Cl6NO3S/c1-2-33-21-18(34)4-3-5-19(21)37-24(33)20(22(35)14-6-10-16(11-7-14)25(27,28)29)23(36)15-8-12-17(13-9-15)26(30,31)32/h3,5-13H,2,4H2,1H3. The predicted molar refractivity (Wildman–Crippen MR) is 153 cm³/mol. The number of rotatable bonds is 5. The average Bonchev–Trinajstić information content (AvgIpc) is 3.22. The van der Waals surface area contributed by atoms with Gasteiger partial charge < -0.3 is 4.90 Å². The third-order valence-electron chi connectivity index (χ3n) is 5.72. The lowest BCUT2D eigenvalue weighted by atomic mass is 9.95. The first-order valence-electron chi connectivity index (χ1n) is 10.9. The third-order valence-corrected chi connectivity index (χ3v) is 8.20. The molecule has 0 amide bonds. The first kappa shape index (κ1) is 28.6. The number of ketones is 3. The molecule has 2 aromatic carbocycles. The minimum absolute atomic E-state index is 0.0832. The van der Waals surface area contributed by atoms with E-state index in [-0.39, 0.29) is 28.9 Å². The second-order valence-electron chi connectivity index (χ2n) is 8.08. The van der Waals surface area contributed by atoms with E-state index >= 15 is 0 Å². The van der Waals surface area contributed by atoms with Gasteiger partial charge in [-0.15, -0.1) is 0 Å². The Bertz CT molecular complexity index is 1300. The lowest BCUT2D eigenvalue weighted by Crippen LogP contribution is -2.27. The number of hydrogen-bond donors (Lipinski definition) is 0. The molecule has 1 aliphatic carbocycles. The average molecular weight is 636 g/mol. The molecule has 0 bridgehead atoms. The third kappa shape index (κ3) is 5.94. The quantitative estimate of drug-likeness (QED) is 0.109. The van der Waals surface area contributed by atoms with E-state index in [0.29, 0.717) is 33.3 Å². The molecule has 1 aliphatic heterocycles. The summed E-state index contributed by atoms with van der Waals surface area (Å²) in [5.41, 5.74) is 1.56. The number of alkyl halides is 6. The molecule has 11 heteroatoms. The molecule has 37 heavy (non-hydrogen) atoms. The molecule has 0 saturated heterocycles. The molecule has 1 heterocycles. The number of hydrogen-bond acceptors (Lipinski definition) is 5. The minimum Gasteiger partial charge on any atom is -0.332 e. The molecule has 0 radical (unpaired) electrons. The fraction of sp³-hybridized carbons (Fsp3) is 0.192. The maximum Gasteiger partial charge on any atom is 0.216 e. The van der Waals surface area contributed by atoms with Gasteiger partial charge in [0, 0.05) is 40.1 Å². The number of carbonyl (C=O) groups is 3. The van der Waals surface area contributed by atoms with E-state index in [1.54, 1.807) is 11.0 Å². The van der Waals surface area contributed by atoms with Crippen molar-refractivity contribution in [1.82, 2.24) is 4.90 Å². The van der Waals surface area contributed by atoms with Crippen LogP contribution in [0.4, 0.5) is 0 Å². The van der Waals surface area contributed by atoms with Crippen molar-refractivity contribution in [3.05, 3.63) is 104 Å². The van der Waals surface area contributed by atoms with Gasteiger partial charge in [-0.1, -0.05) is 136 Å². The number of halogens is 6. The van der Waals surface area contributed by atoms with Crippen LogP contribution >= 0.6 is 81.4 Å². The molecule has 2 aromatic rings. The first-order chi connectivity index (χ1) is 17.3. The molecule has 0 fully saturated rings. The van der Waals surface area contributed by atoms with Crippen molar-refractivity contribution in [2.75, 3.05) is 6.54 Å². The van der Waals surface area contributed by atoms with E-state index in [0.717, 1.165) is 0 Å². The molecule has 4 rings (SSSR count). The van der Waals surface area contributed by atoms with Gasteiger partial charge in [0.25, 0.3) is 0 Å². The zero-order valence-electron chi connectivity index (χ0n) is 19.0. The summed E-state index contributed by atoms with van der Waals surface area (Å²) in [7, 11) is 0. The van der Waals surface area contributed by atoms with Crippen LogP contribution in [0.2, 0.25) is 0 Å². The summed E-state index contributed by atoms with van der Waals surface area (Å²) in [4.78, 5) is 42.9. The van der Waals surface area contributed by atoms with Gasteiger partial charge in [0.15, 0.2) is 17.3 Å². The lowest BCUT2D eigenvalue weighted by molar-refractivity contribution is -0.116. The Labute approximate surface area is 248 Å². The van der Waals surface area contributed by atoms with E-state index in [4.69, 9.17) is 69.6 Å². The Morgan fingerprint density at radius 3 is 1.70 bits per heavy atom. The topological polar surface area (TPSA) is 54.5 Å². The highest BCUT2D eigenvalue weighted by Crippen LogP contribution is 2.47. The molecule has 0 saturated carbocycles. The van der Waals surface area contributed by atoms with Crippen LogP contribution < -0.4 is 0 Å². The summed E-state index contributed by atoms with van der Waals surface area (Å²) in [6.45, 7) is 2.23. The second kappa shape index (κ2) is 11.0. The molecule has 0 spiro atoms. The van der Waals surface area contributed by atoms with Crippen LogP contribution in [-0.2, 0) is 12.4 Å². The Morgan fingerprint density at radius 1 is 0.838 bits per heavy atom. The van der Waals surface area contributed by atoms with E-state index in [9.17, 15) is 14.4 Å². The summed E-state index contributed by atoms with van der Waals surface area (Å²) >= 11 is 36.9. The van der Waals surface area contributed by atoms with Crippen LogP contribution in [0, 0.1) is 0 Å². The van der Waals surface area contributed by atoms with Gasteiger partial charge in [-0.2, -0.15) is 0 Å². The first-order valence-corrected chi connectivity index (χ1v) is 14.0. The van der Waals surface area contributed by atoms with Crippen LogP contribution in [-0.4, -0.2) is 28.8 Å². The lowest BCUT2D eigenvalue weighted by Gasteiger charge is -2.23. The molecular formula is C26H17Cl6NO3S. The maximum absolute atomic E-state index is 13.9. The predicted octanol–water partition coefficient (Wildman–Crippen LogP) is 8.43. The number of likely N-dealkylation sites (N-methyl/N-ethyl adjacent to an activating group) is 1. The highest BCUT2D eigenvalue weighted by Gasteiger charge is 2.38. The molecule has 0 unspecified atom stereocenters. The number of carbonyl (C=O) groups excluding carboxylic acids is 3. The van der Waals surface area contributed by atoms with Crippen LogP contribution in [0.15, 0.2) is 81.9 Å². The fourth-order valence-electron chi connectivity index (χ4n) is 3.91. The monoisotopic (exact) mass is 633 g/mol. The fourth-order valence-corrected chi connectivity index (χ4v) is 5.97. The number of allylic oxidation sites excluding steroid dienone is 4. The Hall–Kier alpha value is -1.44. The largest absolute Gasteiger partial charge is 0.332 e. The van der Waals surface area contributed by atoms with E-state index in [1.165, 1.54) is 60.3 Å². The number of nitrogens with zero attached hydrogens (tertiary/aromatic N) is 1. The number of benzene rings is 2. The van der Waals surface area contributed by atoms with Gasteiger partial charge >= 0.3 is 0 Å². The normalized spacial score (nSPS) is 15.8. The summed E-state index contributed by atoms with van der Waals surface area (Å²) < 4.78 is -3.34. The van der Waals surface area contributed by atoms with Crippen molar-refractivity contribution < 1.29 is 14.4 Å². The van der Waals surface area contributed by atoms with Gasteiger partial charge in [0.2, 0.25) is 7.59 Å². The van der Waals surface area contributed by atoms with E-state index < -0.39 is 19.2 Å². The SMILES string of the molecule is CCN1C(=C(C(=O)c2ccc(C(Cl)(Cl)Cl)cc2)C(=O)c2ccc(C(Cl)(Cl)Cl)cc2)SC2=C1C(=O)CC=C2.